The van der Waals surface area contributed by atoms with Crippen LogP contribution in [-0.4, -0.2) is 22.6 Å². The van der Waals surface area contributed by atoms with Crippen molar-refractivity contribution in [3.05, 3.63) is 95.1 Å². The van der Waals surface area contributed by atoms with Gasteiger partial charge in [-0.25, -0.2) is 5.43 Å². The summed E-state index contributed by atoms with van der Waals surface area (Å²) < 4.78 is 0. The predicted molar refractivity (Wildman–Crippen MR) is 118 cm³/mol. The molecule has 3 N–H and O–H groups in total. The van der Waals surface area contributed by atoms with E-state index in [1.165, 1.54) is 0 Å². The van der Waals surface area contributed by atoms with E-state index in [9.17, 15) is 14.7 Å². The molecule has 0 spiro atoms. The number of phenolic OH excluding ortho intramolecular Hbond substituents is 1. The van der Waals surface area contributed by atoms with E-state index in [1.54, 1.807) is 54.6 Å². The molecule has 6 heteroatoms. The number of phenols is 1. The smallest absolute Gasteiger partial charge is 0.271 e. The molecule has 30 heavy (non-hydrogen) atoms. The first kappa shape index (κ1) is 20.8. The lowest BCUT2D eigenvalue weighted by Gasteiger charge is -2.08. The highest BCUT2D eigenvalue weighted by Crippen LogP contribution is 2.14. The summed E-state index contributed by atoms with van der Waals surface area (Å²) >= 11 is 0. The van der Waals surface area contributed by atoms with Gasteiger partial charge in [-0.15, -0.1) is 0 Å². The zero-order chi connectivity index (χ0) is 21.5. The number of hydrogen-bond donors (Lipinski definition) is 3. The molecule has 0 saturated carbocycles. The lowest BCUT2D eigenvalue weighted by Crippen LogP contribution is -2.20. The molecular formula is C24H23N3O3. The van der Waals surface area contributed by atoms with Crippen LogP contribution in [0.25, 0.3) is 0 Å². The number of amides is 2. The molecule has 0 aliphatic carbocycles. The lowest BCUT2D eigenvalue weighted by atomic mass is 10.1. The van der Waals surface area contributed by atoms with Crippen LogP contribution in [0, 0.1) is 6.92 Å². The second-order valence-corrected chi connectivity index (χ2v) is 6.80. The van der Waals surface area contributed by atoms with Crippen molar-refractivity contribution in [2.75, 3.05) is 5.32 Å². The Kier molecular flexibility index (Phi) is 6.60. The summed E-state index contributed by atoms with van der Waals surface area (Å²) in [5, 5.41) is 16.4. The maximum absolute atomic E-state index is 12.4. The summed E-state index contributed by atoms with van der Waals surface area (Å²) in [6.07, 6.45) is 0.620. The Labute approximate surface area is 175 Å². The first-order chi connectivity index (χ1) is 14.5. The molecule has 3 rings (SSSR count). The summed E-state index contributed by atoms with van der Waals surface area (Å²) in [5.74, 6) is -0.383. The molecule has 152 valence electrons. The maximum atomic E-state index is 12.4. The zero-order valence-corrected chi connectivity index (χ0v) is 16.8. The highest BCUT2D eigenvalue weighted by Gasteiger charge is 2.09. The Morgan fingerprint density at radius 2 is 1.53 bits per heavy atom. The number of hydrazone groups is 1. The standard InChI is InChI=1S/C24H23N3O3/c1-3-22(17-9-13-21(28)14-10-17)26-27-24(30)18-7-11-20(12-8-18)25-23(29)19-6-4-5-16(2)15-19/h4-15,28H,3H2,1-2H3,(H,25,29)(H,27,30). The van der Waals surface area contributed by atoms with E-state index >= 15 is 0 Å². The van der Waals surface area contributed by atoms with Crippen LogP contribution < -0.4 is 10.7 Å². The Morgan fingerprint density at radius 1 is 0.867 bits per heavy atom. The van der Waals surface area contributed by atoms with Crippen molar-refractivity contribution in [1.29, 1.82) is 0 Å². The molecule has 6 nitrogen and oxygen atoms in total. The third-order valence-corrected chi connectivity index (χ3v) is 4.51. The molecule has 0 fully saturated rings. The van der Waals surface area contributed by atoms with Crippen LogP contribution in [-0.2, 0) is 0 Å². The molecule has 0 unspecified atom stereocenters. The van der Waals surface area contributed by atoms with E-state index in [4.69, 9.17) is 0 Å². The van der Waals surface area contributed by atoms with Gasteiger partial charge in [0.25, 0.3) is 11.8 Å². The van der Waals surface area contributed by atoms with Crippen LogP contribution in [0.15, 0.2) is 77.9 Å². The quantitative estimate of drug-likeness (QED) is 0.420. The molecule has 0 heterocycles. The molecule has 0 bridgehead atoms. The fourth-order valence-electron chi connectivity index (χ4n) is 2.88. The summed E-state index contributed by atoms with van der Waals surface area (Å²) in [4.78, 5) is 24.7. The van der Waals surface area contributed by atoms with Crippen LogP contribution >= 0.6 is 0 Å². The second-order valence-electron chi connectivity index (χ2n) is 6.80. The number of carbonyl (C=O) groups is 2. The van der Waals surface area contributed by atoms with E-state index in [0.717, 1.165) is 11.1 Å². The highest BCUT2D eigenvalue weighted by atomic mass is 16.3. The predicted octanol–water partition coefficient (Wildman–Crippen LogP) is 4.50. The van der Waals surface area contributed by atoms with E-state index in [-0.39, 0.29) is 17.6 Å². The number of aryl methyl sites for hydroxylation is 1. The average molecular weight is 401 g/mol. The minimum atomic E-state index is -0.351. The van der Waals surface area contributed by atoms with Crippen molar-refractivity contribution in [2.45, 2.75) is 20.3 Å². The van der Waals surface area contributed by atoms with Gasteiger partial charge < -0.3 is 10.4 Å². The van der Waals surface area contributed by atoms with Gasteiger partial charge >= 0.3 is 0 Å². The summed E-state index contributed by atoms with van der Waals surface area (Å²) in [6, 6.07) is 20.6. The first-order valence-corrected chi connectivity index (χ1v) is 9.60. The molecule has 0 saturated heterocycles. The summed E-state index contributed by atoms with van der Waals surface area (Å²) in [6.45, 7) is 3.86. The van der Waals surface area contributed by atoms with Gasteiger partial charge in [0.2, 0.25) is 0 Å². The van der Waals surface area contributed by atoms with Gasteiger partial charge in [-0.05, 0) is 79.6 Å². The van der Waals surface area contributed by atoms with Gasteiger partial charge in [0.1, 0.15) is 5.75 Å². The lowest BCUT2D eigenvalue weighted by molar-refractivity contribution is 0.0954. The highest BCUT2D eigenvalue weighted by molar-refractivity contribution is 6.05. The van der Waals surface area contributed by atoms with Gasteiger partial charge in [0.15, 0.2) is 0 Å². The van der Waals surface area contributed by atoms with Gasteiger partial charge in [-0.3, -0.25) is 9.59 Å². The van der Waals surface area contributed by atoms with Gasteiger partial charge in [-0.1, -0.05) is 24.6 Å². The van der Waals surface area contributed by atoms with Crippen LogP contribution in [0.3, 0.4) is 0 Å². The maximum Gasteiger partial charge on any atom is 0.271 e. The normalized spacial score (nSPS) is 11.1. The third kappa shape index (κ3) is 5.32. The van der Waals surface area contributed by atoms with Crippen molar-refractivity contribution in [2.24, 2.45) is 5.10 Å². The molecule has 2 amide bonds. The van der Waals surface area contributed by atoms with Crippen LogP contribution in [0.4, 0.5) is 5.69 Å². The number of hydrogen-bond acceptors (Lipinski definition) is 4. The fourth-order valence-corrected chi connectivity index (χ4v) is 2.88. The minimum absolute atomic E-state index is 0.174. The van der Waals surface area contributed by atoms with Crippen molar-refractivity contribution in [3.8, 4) is 5.75 Å². The Morgan fingerprint density at radius 3 is 2.17 bits per heavy atom. The topological polar surface area (TPSA) is 90.8 Å². The van der Waals surface area contributed by atoms with Gasteiger partial charge in [0, 0.05) is 16.8 Å². The zero-order valence-electron chi connectivity index (χ0n) is 16.8. The SMILES string of the molecule is CCC(=NNC(=O)c1ccc(NC(=O)c2cccc(C)c2)cc1)c1ccc(O)cc1. The molecule has 3 aromatic carbocycles. The molecule has 0 aliphatic rings. The second kappa shape index (κ2) is 9.52. The van der Waals surface area contributed by atoms with Crippen LogP contribution in [0.1, 0.15) is 45.2 Å². The molecule has 0 aliphatic heterocycles. The number of rotatable bonds is 6. The van der Waals surface area contributed by atoms with Crippen molar-refractivity contribution >= 4 is 23.2 Å². The average Bonchev–Trinajstić information content (AvgIpc) is 2.75. The third-order valence-electron chi connectivity index (χ3n) is 4.51. The summed E-state index contributed by atoms with van der Waals surface area (Å²) in [7, 11) is 0. The van der Waals surface area contributed by atoms with Crippen molar-refractivity contribution in [3.63, 3.8) is 0 Å². The number of aromatic hydroxyl groups is 1. The minimum Gasteiger partial charge on any atom is -0.508 e. The van der Waals surface area contributed by atoms with Crippen molar-refractivity contribution in [1.82, 2.24) is 5.43 Å². The Bertz CT molecular complexity index is 1070. The first-order valence-electron chi connectivity index (χ1n) is 9.60. The van der Waals surface area contributed by atoms with Gasteiger partial charge in [-0.2, -0.15) is 5.10 Å². The number of anilines is 1. The molecule has 0 radical (unpaired) electrons. The van der Waals surface area contributed by atoms with E-state index in [1.807, 2.05) is 32.0 Å². The number of nitrogens with zero attached hydrogens (tertiary/aromatic N) is 1. The fraction of sp³-hybridized carbons (Fsp3) is 0.125. The van der Waals surface area contributed by atoms with Crippen molar-refractivity contribution < 1.29 is 14.7 Å². The molecule has 3 aromatic rings. The van der Waals surface area contributed by atoms with Gasteiger partial charge in [0.05, 0.1) is 5.71 Å². The molecular weight excluding hydrogens is 378 g/mol. The molecule has 0 atom stereocenters. The number of carbonyl (C=O) groups excluding carboxylic acids is 2. The number of nitrogens with one attached hydrogen (secondary N) is 2. The van der Waals surface area contributed by atoms with Crippen LogP contribution in [0.5, 0.6) is 5.75 Å². The molecule has 0 aromatic heterocycles. The van der Waals surface area contributed by atoms with E-state index < -0.39 is 0 Å². The monoisotopic (exact) mass is 401 g/mol. The Balaban J connectivity index is 1.64. The largest absolute Gasteiger partial charge is 0.508 e. The van der Waals surface area contributed by atoms with E-state index in [2.05, 4.69) is 15.8 Å². The van der Waals surface area contributed by atoms with Crippen LogP contribution in [0.2, 0.25) is 0 Å². The Hall–Kier alpha value is -3.93. The summed E-state index contributed by atoms with van der Waals surface area (Å²) in [5.41, 5.74) is 6.68. The number of benzene rings is 3. The van der Waals surface area contributed by atoms with E-state index in [0.29, 0.717) is 28.9 Å².